The molecule has 176 valence electrons. The minimum Gasteiger partial charge on any atom is -0.368 e. The first kappa shape index (κ1) is 29.1. The third-order valence-corrected chi connectivity index (χ3v) is 4.62. The lowest BCUT2D eigenvalue weighted by atomic mass is 10.1. The molecule has 31 heavy (non-hydrogen) atoms. The van der Waals surface area contributed by atoms with Gasteiger partial charge in [-0.1, -0.05) is 12.1 Å². The zero-order chi connectivity index (χ0) is 22.5. The zero-order valence-electron chi connectivity index (χ0n) is 19.4. The highest BCUT2D eigenvalue weighted by molar-refractivity contribution is 14.0. The molecule has 0 unspecified atom stereocenters. The first-order chi connectivity index (χ1) is 14.2. The van der Waals surface area contributed by atoms with Crippen LogP contribution >= 0.6 is 24.0 Å². The molecule has 0 aliphatic heterocycles. The fraction of sp³-hybridized carbons (Fsp3) is 0.591. The number of rotatable bonds is 12. The molecule has 0 spiro atoms. The number of aliphatic imine (C=N–C) groups is 1. The number of guanidine groups is 1. The second-order valence-electron chi connectivity index (χ2n) is 7.75. The molecule has 0 aliphatic carbocycles. The Morgan fingerprint density at radius 3 is 2.16 bits per heavy atom. The van der Waals surface area contributed by atoms with Gasteiger partial charge in [0.15, 0.2) is 5.96 Å². The van der Waals surface area contributed by atoms with Crippen LogP contribution in [0.3, 0.4) is 0 Å². The molecule has 0 atom stereocenters. The standard InChI is InChI=1S/C22H38N6O2.HI/c1-6-24-22(25-12-7-13-28(16(2)3)17(4)5)27-14-18-8-10-19(11-9-18)21(30)26-15-20(23)29;/h8-11,16-17H,6-7,12-15H2,1-5H3,(H2,23,29)(H,26,30)(H2,24,25,27);1H. The van der Waals surface area contributed by atoms with Gasteiger partial charge in [0.2, 0.25) is 5.91 Å². The molecule has 0 heterocycles. The Balaban J connectivity index is 0.00000900. The number of nitrogens with two attached hydrogens (primary N) is 1. The van der Waals surface area contributed by atoms with E-state index in [4.69, 9.17) is 5.73 Å². The summed E-state index contributed by atoms with van der Waals surface area (Å²) in [6.07, 6.45) is 1.04. The highest BCUT2D eigenvalue weighted by atomic mass is 127. The monoisotopic (exact) mass is 546 g/mol. The topological polar surface area (TPSA) is 112 Å². The maximum atomic E-state index is 11.9. The molecule has 0 bridgehead atoms. The van der Waals surface area contributed by atoms with Gasteiger partial charge in [-0.25, -0.2) is 4.99 Å². The Bertz CT molecular complexity index is 684. The molecular weight excluding hydrogens is 507 g/mol. The number of nitrogens with zero attached hydrogens (tertiary/aromatic N) is 2. The first-order valence-electron chi connectivity index (χ1n) is 10.7. The van der Waals surface area contributed by atoms with E-state index in [1.165, 1.54) is 0 Å². The van der Waals surface area contributed by atoms with Crippen molar-refractivity contribution >= 4 is 41.8 Å². The van der Waals surface area contributed by atoms with Crippen molar-refractivity contribution in [2.75, 3.05) is 26.2 Å². The third kappa shape index (κ3) is 11.9. The van der Waals surface area contributed by atoms with Crippen LogP contribution in [0.2, 0.25) is 0 Å². The summed E-state index contributed by atoms with van der Waals surface area (Å²) in [5.41, 5.74) is 6.51. The summed E-state index contributed by atoms with van der Waals surface area (Å²) in [6.45, 7) is 14.0. The quantitative estimate of drug-likeness (QED) is 0.139. The van der Waals surface area contributed by atoms with Crippen LogP contribution in [0.1, 0.15) is 57.0 Å². The van der Waals surface area contributed by atoms with Crippen LogP contribution in [0, 0.1) is 0 Å². The molecule has 0 saturated heterocycles. The molecule has 9 heteroatoms. The van der Waals surface area contributed by atoms with Gasteiger partial charge in [-0.2, -0.15) is 0 Å². The Morgan fingerprint density at radius 2 is 1.65 bits per heavy atom. The number of primary amides is 1. The second kappa shape index (κ2) is 15.9. The largest absolute Gasteiger partial charge is 0.368 e. The maximum Gasteiger partial charge on any atom is 0.251 e. The predicted molar refractivity (Wildman–Crippen MR) is 138 cm³/mol. The molecule has 8 nitrogen and oxygen atoms in total. The summed E-state index contributed by atoms with van der Waals surface area (Å²) >= 11 is 0. The summed E-state index contributed by atoms with van der Waals surface area (Å²) in [6, 6.07) is 8.22. The maximum absolute atomic E-state index is 11.9. The fourth-order valence-electron chi connectivity index (χ4n) is 3.12. The van der Waals surface area contributed by atoms with E-state index in [-0.39, 0.29) is 36.4 Å². The normalized spacial score (nSPS) is 11.4. The average molecular weight is 546 g/mol. The number of hydrogen-bond acceptors (Lipinski definition) is 4. The predicted octanol–water partition coefficient (Wildman–Crippen LogP) is 2.08. The summed E-state index contributed by atoms with van der Waals surface area (Å²) in [5.74, 6) is -0.115. The van der Waals surface area contributed by atoms with Crippen molar-refractivity contribution in [2.24, 2.45) is 10.7 Å². The zero-order valence-corrected chi connectivity index (χ0v) is 21.7. The van der Waals surface area contributed by atoms with Crippen LogP contribution in [0.25, 0.3) is 0 Å². The molecule has 1 aromatic carbocycles. The lowest BCUT2D eigenvalue weighted by Crippen LogP contribution is -2.41. The van der Waals surface area contributed by atoms with E-state index in [0.29, 0.717) is 24.2 Å². The minimum absolute atomic E-state index is 0. The molecule has 0 aliphatic rings. The van der Waals surface area contributed by atoms with E-state index in [1.54, 1.807) is 12.1 Å². The number of carbonyl (C=O) groups is 2. The average Bonchev–Trinajstić information content (AvgIpc) is 2.69. The molecule has 0 saturated carbocycles. The van der Waals surface area contributed by atoms with Gasteiger partial charge in [0.25, 0.3) is 5.91 Å². The second-order valence-corrected chi connectivity index (χ2v) is 7.75. The number of amides is 2. The molecule has 0 fully saturated rings. The van der Waals surface area contributed by atoms with E-state index in [9.17, 15) is 9.59 Å². The van der Waals surface area contributed by atoms with Gasteiger partial charge in [-0.3, -0.25) is 14.5 Å². The van der Waals surface area contributed by atoms with Gasteiger partial charge in [-0.15, -0.1) is 24.0 Å². The van der Waals surface area contributed by atoms with Crippen molar-refractivity contribution in [1.82, 2.24) is 20.9 Å². The van der Waals surface area contributed by atoms with Gasteiger partial charge >= 0.3 is 0 Å². The van der Waals surface area contributed by atoms with Crippen molar-refractivity contribution in [3.63, 3.8) is 0 Å². The molecular formula is C22H39IN6O2. The molecule has 1 rings (SSSR count). The third-order valence-electron chi connectivity index (χ3n) is 4.62. The van der Waals surface area contributed by atoms with Gasteiger partial charge in [0, 0.05) is 37.3 Å². The van der Waals surface area contributed by atoms with Gasteiger partial charge in [0.1, 0.15) is 0 Å². The Kier molecular flexibility index (Phi) is 14.9. The van der Waals surface area contributed by atoms with E-state index >= 15 is 0 Å². The van der Waals surface area contributed by atoms with Crippen molar-refractivity contribution < 1.29 is 9.59 Å². The first-order valence-corrected chi connectivity index (χ1v) is 10.7. The van der Waals surface area contributed by atoms with Crippen LogP contribution in [0.4, 0.5) is 0 Å². The van der Waals surface area contributed by atoms with E-state index in [0.717, 1.165) is 37.6 Å². The fourth-order valence-corrected chi connectivity index (χ4v) is 3.12. The lowest BCUT2D eigenvalue weighted by molar-refractivity contribution is -0.117. The summed E-state index contributed by atoms with van der Waals surface area (Å²) in [4.78, 5) is 29.8. The number of carbonyl (C=O) groups excluding carboxylic acids is 2. The van der Waals surface area contributed by atoms with Crippen molar-refractivity contribution in [3.05, 3.63) is 35.4 Å². The SMILES string of the molecule is CCNC(=NCc1ccc(C(=O)NCC(N)=O)cc1)NCCCN(C(C)C)C(C)C.I. The Labute approximate surface area is 203 Å². The molecule has 1 aromatic rings. The number of benzene rings is 1. The van der Waals surface area contributed by atoms with E-state index < -0.39 is 5.91 Å². The van der Waals surface area contributed by atoms with E-state index in [1.807, 2.05) is 19.1 Å². The Morgan fingerprint density at radius 1 is 1.03 bits per heavy atom. The highest BCUT2D eigenvalue weighted by Gasteiger charge is 2.12. The van der Waals surface area contributed by atoms with Crippen LogP contribution in [0.5, 0.6) is 0 Å². The number of hydrogen-bond donors (Lipinski definition) is 4. The van der Waals surface area contributed by atoms with Gasteiger partial charge in [-0.05, 0) is 58.7 Å². The summed E-state index contributed by atoms with van der Waals surface area (Å²) in [5, 5.41) is 9.12. The van der Waals surface area contributed by atoms with Crippen molar-refractivity contribution in [1.29, 1.82) is 0 Å². The Hall–Kier alpha value is -1.88. The molecule has 5 N–H and O–H groups in total. The lowest BCUT2D eigenvalue weighted by Gasteiger charge is -2.30. The van der Waals surface area contributed by atoms with Crippen LogP contribution in [-0.4, -0.2) is 60.9 Å². The van der Waals surface area contributed by atoms with E-state index in [2.05, 4.69) is 53.5 Å². The number of nitrogens with one attached hydrogen (secondary N) is 3. The van der Waals surface area contributed by atoms with Crippen molar-refractivity contribution in [2.45, 2.75) is 59.7 Å². The summed E-state index contributed by atoms with van der Waals surface area (Å²) < 4.78 is 0. The molecule has 0 aromatic heterocycles. The smallest absolute Gasteiger partial charge is 0.251 e. The van der Waals surface area contributed by atoms with Gasteiger partial charge < -0.3 is 21.7 Å². The summed E-state index contributed by atoms with van der Waals surface area (Å²) in [7, 11) is 0. The van der Waals surface area contributed by atoms with Crippen LogP contribution in [0.15, 0.2) is 29.3 Å². The van der Waals surface area contributed by atoms with Crippen LogP contribution < -0.4 is 21.7 Å². The van der Waals surface area contributed by atoms with Gasteiger partial charge in [0.05, 0.1) is 13.1 Å². The van der Waals surface area contributed by atoms with Crippen LogP contribution in [-0.2, 0) is 11.3 Å². The molecule has 0 radical (unpaired) electrons. The minimum atomic E-state index is -0.570. The van der Waals surface area contributed by atoms with Crippen molar-refractivity contribution in [3.8, 4) is 0 Å². The highest BCUT2D eigenvalue weighted by Crippen LogP contribution is 2.07. The molecule has 2 amide bonds. The number of halogens is 1.